The van der Waals surface area contributed by atoms with Crippen LogP contribution >= 0.6 is 24.0 Å². The molecule has 0 radical (unpaired) electrons. The summed E-state index contributed by atoms with van der Waals surface area (Å²) in [6, 6.07) is 1.58. The zero-order valence-corrected chi connectivity index (χ0v) is 18.7. The molecular weight excluding hydrogens is 469 g/mol. The number of unbranched alkanes of at least 4 members (excludes halogenated alkanes) is 3. The fourth-order valence-corrected chi connectivity index (χ4v) is 4.28. The molecule has 1 saturated heterocycles. The molecule has 1 aliphatic rings. The molecule has 8 nitrogen and oxygen atoms in total. The normalized spacial score (nSPS) is 16.4. The van der Waals surface area contributed by atoms with Gasteiger partial charge in [-0.15, -0.1) is 24.0 Å². The summed E-state index contributed by atoms with van der Waals surface area (Å²) in [6.45, 7) is 5.27. The van der Waals surface area contributed by atoms with Gasteiger partial charge in [-0.2, -0.15) is 4.31 Å². The number of rotatable bonds is 8. The Morgan fingerprint density at radius 2 is 2.00 bits per heavy atom. The maximum absolute atomic E-state index is 12.5. The molecule has 0 unspecified atom stereocenters. The number of guanidine groups is 1. The second kappa shape index (κ2) is 11.8. The Morgan fingerprint density at radius 1 is 1.27 bits per heavy atom. The van der Waals surface area contributed by atoms with E-state index >= 15 is 0 Å². The molecule has 0 saturated carbocycles. The average Bonchev–Trinajstić information content (AvgIpc) is 3.10. The number of aliphatic imine (C=N–C) groups is 1. The van der Waals surface area contributed by atoms with Gasteiger partial charge in [-0.1, -0.05) is 31.3 Å². The first kappa shape index (κ1) is 23.2. The molecule has 10 heteroatoms. The van der Waals surface area contributed by atoms with Crippen molar-refractivity contribution in [2.24, 2.45) is 4.99 Å². The van der Waals surface area contributed by atoms with Gasteiger partial charge in [0.15, 0.2) is 5.96 Å². The predicted molar refractivity (Wildman–Crippen MR) is 113 cm³/mol. The third-order valence-corrected chi connectivity index (χ3v) is 6.09. The van der Waals surface area contributed by atoms with Gasteiger partial charge in [0.05, 0.1) is 5.69 Å². The topological polar surface area (TPSA) is 91.0 Å². The Hall–Kier alpha value is -0.880. The van der Waals surface area contributed by atoms with Crippen LogP contribution in [0, 0.1) is 0 Å². The molecule has 1 aromatic heterocycles. The van der Waals surface area contributed by atoms with Crippen molar-refractivity contribution in [2.75, 3.05) is 39.8 Å². The zero-order valence-electron chi connectivity index (χ0n) is 15.6. The van der Waals surface area contributed by atoms with Gasteiger partial charge in [-0.25, -0.2) is 8.42 Å². The smallest absolute Gasteiger partial charge is 0.220 e. The molecule has 0 atom stereocenters. The summed E-state index contributed by atoms with van der Waals surface area (Å²) in [5, 5.41) is 7.06. The van der Waals surface area contributed by atoms with Crippen molar-refractivity contribution in [3.05, 3.63) is 18.0 Å². The van der Waals surface area contributed by atoms with Gasteiger partial charge < -0.3 is 14.7 Å². The Kier molecular flexibility index (Phi) is 10.5. The monoisotopic (exact) mass is 499 g/mol. The lowest BCUT2D eigenvalue weighted by atomic mass is 10.2. The molecule has 0 aliphatic carbocycles. The van der Waals surface area contributed by atoms with E-state index in [2.05, 4.69) is 27.3 Å². The van der Waals surface area contributed by atoms with Crippen molar-refractivity contribution in [3.63, 3.8) is 0 Å². The van der Waals surface area contributed by atoms with Crippen LogP contribution in [0.1, 0.15) is 38.3 Å². The summed E-state index contributed by atoms with van der Waals surface area (Å²) >= 11 is 0. The van der Waals surface area contributed by atoms with Gasteiger partial charge >= 0.3 is 0 Å². The maximum atomic E-state index is 12.5. The van der Waals surface area contributed by atoms with Gasteiger partial charge in [0.2, 0.25) is 10.0 Å². The zero-order chi connectivity index (χ0) is 18.1. The molecule has 0 bridgehead atoms. The van der Waals surface area contributed by atoms with Crippen LogP contribution in [-0.4, -0.2) is 68.5 Å². The van der Waals surface area contributed by atoms with Gasteiger partial charge in [-0.3, -0.25) is 4.99 Å². The van der Waals surface area contributed by atoms with Gasteiger partial charge in [0, 0.05) is 45.8 Å². The van der Waals surface area contributed by atoms with E-state index in [-0.39, 0.29) is 29.7 Å². The van der Waals surface area contributed by atoms with Gasteiger partial charge in [0.25, 0.3) is 0 Å². The third kappa shape index (κ3) is 7.03. The Morgan fingerprint density at radius 3 is 2.58 bits per heavy atom. The Balaban J connectivity index is 0.00000338. The van der Waals surface area contributed by atoms with Crippen LogP contribution in [0.3, 0.4) is 0 Å². The highest BCUT2D eigenvalue weighted by Gasteiger charge is 2.28. The fourth-order valence-electron chi connectivity index (χ4n) is 2.85. The van der Waals surface area contributed by atoms with Crippen molar-refractivity contribution in [1.82, 2.24) is 19.7 Å². The highest BCUT2D eigenvalue weighted by Crippen LogP contribution is 2.12. The van der Waals surface area contributed by atoms with Crippen LogP contribution < -0.4 is 5.32 Å². The van der Waals surface area contributed by atoms with Crippen molar-refractivity contribution < 1.29 is 12.9 Å². The lowest BCUT2D eigenvalue weighted by Crippen LogP contribution is -2.54. The summed E-state index contributed by atoms with van der Waals surface area (Å²) in [5.74, 6) is 0.735. The number of aromatic nitrogens is 1. The number of sulfonamides is 1. The minimum Gasteiger partial charge on any atom is -0.364 e. The van der Waals surface area contributed by atoms with Gasteiger partial charge in [-0.05, 0) is 6.42 Å². The quantitative estimate of drug-likeness (QED) is 0.254. The van der Waals surface area contributed by atoms with Crippen LogP contribution in [-0.2, 0) is 15.8 Å². The minimum atomic E-state index is -3.37. The average molecular weight is 499 g/mol. The van der Waals surface area contributed by atoms with Crippen molar-refractivity contribution in [2.45, 2.75) is 38.4 Å². The van der Waals surface area contributed by atoms with Crippen molar-refractivity contribution in [1.29, 1.82) is 0 Å². The molecule has 1 fully saturated rings. The minimum absolute atomic E-state index is 0. The molecule has 0 amide bonds. The number of nitrogens with one attached hydrogen (secondary N) is 1. The molecule has 2 rings (SSSR count). The first-order valence-corrected chi connectivity index (χ1v) is 10.5. The second-order valence-corrected chi connectivity index (χ2v) is 8.14. The standard InChI is InChI=1S/C16H29N5O3S.HI/c1-3-4-5-6-8-18-16(17-2)20-9-11-21(12-10-20)25(22,23)14-15-7-13-24-19-15;/h7,13H,3-6,8-12,14H2,1-2H3,(H,17,18);1H. The molecule has 1 aliphatic heterocycles. The fraction of sp³-hybridized carbons (Fsp3) is 0.750. The summed E-state index contributed by atoms with van der Waals surface area (Å²) in [5.41, 5.74) is 0.437. The van der Waals surface area contributed by atoms with E-state index in [0.29, 0.717) is 31.9 Å². The number of halogens is 1. The van der Waals surface area contributed by atoms with Crippen LogP contribution in [0.2, 0.25) is 0 Å². The van der Waals surface area contributed by atoms with Crippen LogP contribution in [0.15, 0.2) is 21.8 Å². The van der Waals surface area contributed by atoms with Crippen LogP contribution in [0.4, 0.5) is 0 Å². The molecular formula is C16H30IN5O3S. The maximum Gasteiger partial charge on any atom is 0.220 e. The summed E-state index contributed by atoms with van der Waals surface area (Å²) in [4.78, 5) is 6.43. The van der Waals surface area contributed by atoms with E-state index in [1.165, 1.54) is 29.8 Å². The lowest BCUT2D eigenvalue weighted by Gasteiger charge is -2.35. The van der Waals surface area contributed by atoms with Crippen molar-refractivity contribution >= 4 is 40.0 Å². The predicted octanol–water partition coefficient (Wildman–Crippen LogP) is 1.90. The van der Waals surface area contributed by atoms with Crippen molar-refractivity contribution in [3.8, 4) is 0 Å². The molecule has 0 spiro atoms. The van der Waals surface area contributed by atoms with Crippen LogP contribution in [0.5, 0.6) is 0 Å². The Labute approximate surface area is 173 Å². The first-order valence-electron chi connectivity index (χ1n) is 8.89. The van der Waals surface area contributed by atoms with E-state index < -0.39 is 10.0 Å². The largest absolute Gasteiger partial charge is 0.364 e. The van der Waals surface area contributed by atoms with E-state index in [4.69, 9.17) is 4.52 Å². The van der Waals surface area contributed by atoms with Crippen LogP contribution in [0.25, 0.3) is 0 Å². The van der Waals surface area contributed by atoms with E-state index in [1.54, 1.807) is 13.1 Å². The molecule has 150 valence electrons. The highest BCUT2D eigenvalue weighted by atomic mass is 127. The number of hydrogen-bond acceptors (Lipinski definition) is 5. The number of hydrogen-bond donors (Lipinski definition) is 1. The Bertz CT molecular complexity index is 628. The molecule has 26 heavy (non-hydrogen) atoms. The molecule has 0 aromatic carbocycles. The second-order valence-electron chi connectivity index (χ2n) is 6.17. The SMILES string of the molecule is CCCCCCNC(=NC)N1CCN(S(=O)(=O)Cc2ccon2)CC1.I. The summed E-state index contributed by atoms with van der Waals surface area (Å²) < 4.78 is 31.1. The molecule has 1 aromatic rings. The van der Waals surface area contributed by atoms with Gasteiger partial charge in [0.1, 0.15) is 12.0 Å². The summed E-state index contributed by atoms with van der Waals surface area (Å²) in [7, 11) is -1.60. The van der Waals surface area contributed by atoms with E-state index in [9.17, 15) is 8.42 Å². The lowest BCUT2D eigenvalue weighted by molar-refractivity contribution is 0.260. The third-order valence-electron chi connectivity index (χ3n) is 4.28. The van der Waals surface area contributed by atoms with E-state index in [1.807, 2.05) is 0 Å². The first-order chi connectivity index (χ1) is 12.1. The highest BCUT2D eigenvalue weighted by molar-refractivity contribution is 14.0. The number of nitrogens with zero attached hydrogens (tertiary/aromatic N) is 4. The summed E-state index contributed by atoms with van der Waals surface area (Å²) in [6.07, 6.45) is 6.20. The van der Waals surface area contributed by atoms with E-state index in [0.717, 1.165) is 18.9 Å². The molecule has 1 N–H and O–H groups in total. The number of piperazine rings is 1. The molecule has 2 heterocycles.